The lowest BCUT2D eigenvalue weighted by Gasteiger charge is -2.05. The van der Waals surface area contributed by atoms with E-state index in [-0.39, 0.29) is 6.61 Å². The molecule has 0 saturated heterocycles. The third-order valence-corrected chi connectivity index (χ3v) is 3.46. The van der Waals surface area contributed by atoms with Gasteiger partial charge in [0.15, 0.2) is 0 Å². The molecule has 0 aliphatic carbocycles. The van der Waals surface area contributed by atoms with Gasteiger partial charge in [0, 0.05) is 6.54 Å². The second-order valence-corrected chi connectivity index (χ2v) is 5.37. The van der Waals surface area contributed by atoms with Crippen LogP contribution in [0.3, 0.4) is 0 Å². The van der Waals surface area contributed by atoms with E-state index in [0.29, 0.717) is 23.7 Å². The van der Waals surface area contributed by atoms with Crippen LogP contribution in [0.4, 0.5) is 10.5 Å². The molecule has 0 aliphatic rings. The Hall–Kier alpha value is -2.46. The number of hydrogen-bond donors (Lipinski definition) is 2. The van der Waals surface area contributed by atoms with Gasteiger partial charge in [0.05, 0.1) is 10.7 Å². The monoisotopic (exact) mass is 330 g/mol. The largest absolute Gasteiger partial charge is 0.445 e. The number of rotatable bonds is 6. The van der Waals surface area contributed by atoms with Gasteiger partial charge in [-0.2, -0.15) is 0 Å². The van der Waals surface area contributed by atoms with Crippen LogP contribution >= 0.6 is 11.6 Å². The molecule has 2 aromatic rings. The van der Waals surface area contributed by atoms with Gasteiger partial charge in [-0.3, -0.25) is 0 Å². The number of nitrogens with one attached hydrogen (secondary N) is 1. The second kappa shape index (κ2) is 8.86. The number of nitrogens with two attached hydrogens (primary N) is 1. The zero-order chi connectivity index (χ0) is 16.5. The summed E-state index contributed by atoms with van der Waals surface area (Å²) in [5.74, 6) is 0. The molecular weight excluding hydrogens is 312 g/mol. The van der Waals surface area contributed by atoms with Crippen molar-refractivity contribution in [1.29, 1.82) is 0 Å². The fourth-order valence-electron chi connectivity index (χ4n) is 1.90. The number of alkyl carbamates (subject to hydrolysis) is 1. The van der Waals surface area contributed by atoms with E-state index in [2.05, 4.69) is 5.32 Å². The van der Waals surface area contributed by atoms with Gasteiger partial charge in [0.1, 0.15) is 6.61 Å². The molecule has 3 N–H and O–H groups in total. The lowest BCUT2D eigenvalue weighted by molar-refractivity contribution is 0.140. The Balaban J connectivity index is 1.65. The zero-order valence-corrected chi connectivity index (χ0v) is 13.4. The standard InChI is InChI=1S/C18H19ClN2O2/c19-16-12-14(9-10-17(16)20)6-4-5-11-21-18(22)23-13-15-7-2-1-3-8-15/h1-4,6-10,12H,5,11,13,20H2,(H,21,22). The number of halogens is 1. The van der Waals surface area contributed by atoms with Crippen molar-refractivity contribution in [3.63, 3.8) is 0 Å². The maximum atomic E-state index is 11.5. The first-order chi connectivity index (χ1) is 11.1. The van der Waals surface area contributed by atoms with Gasteiger partial charge in [-0.15, -0.1) is 0 Å². The molecule has 2 rings (SSSR count). The summed E-state index contributed by atoms with van der Waals surface area (Å²) in [7, 11) is 0. The fourth-order valence-corrected chi connectivity index (χ4v) is 2.09. The average Bonchev–Trinajstić information content (AvgIpc) is 2.57. The third-order valence-electron chi connectivity index (χ3n) is 3.13. The fraction of sp³-hybridized carbons (Fsp3) is 0.167. The number of benzene rings is 2. The van der Waals surface area contributed by atoms with Crippen LogP contribution in [0.2, 0.25) is 5.02 Å². The minimum atomic E-state index is -0.419. The molecule has 0 radical (unpaired) electrons. The Morgan fingerprint density at radius 3 is 2.74 bits per heavy atom. The molecular formula is C18H19ClN2O2. The number of hydrogen-bond acceptors (Lipinski definition) is 3. The number of amides is 1. The minimum Gasteiger partial charge on any atom is -0.445 e. The first-order valence-corrected chi connectivity index (χ1v) is 7.69. The average molecular weight is 331 g/mol. The quantitative estimate of drug-likeness (QED) is 0.614. The second-order valence-electron chi connectivity index (χ2n) is 4.96. The molecule has 4 nitrogen and oxygen atoms in total. The van der Waals surface area contributed by atoms with Gasteiger partial charge in [-0.05, 0) is 29.7 Å². The van der Waals surface area contributed by atoms with Crippen molar-refractivity contribution in [2.75, 3.05) is 12.3 Å². The van der Waals surface area contributed by atoms with Crippen molar-refractivity contribution in [3.05, 3.63) is 70.8 Å². The van der Waals surface area contributed by atoms with Crippen LogP contribution in [0, 0.1) is 0 Å². The highest BCUT2D eigenvalue weighted by atomic mass is 35.5. The summed E-state index contributed by atoms with van der Waals surface area (Å²) in [6.07, 6.45) is 4.17. The van der Waals surface area contributed by atoms with Gasteiger partial charge in [0.25, 0.3) is 0 Å². The van der Waals surface area contributed by atoms with E-state index in [1.54, 1.807) is 12.1 Å². The van der Waals surface area contributed by atoms with Crippen LogP contribution in [0.15, 0.2) is 54.6 Å². The molecule has 5 heteroatoms. The van der Waals surface area contributed by atoms with E-state index >= 15 is 0 Å². The van der Waals surface area contributed by atoms with Crippen LogP contribution in [-0.2, 0) is 11.3 Å². The normalized spacial score (nSPS) is 10.7. The Morgan fingerprint density at radius 1 is 1.22 bits per heavy atom. The van der Waals surface area contributed by atoms with Gasteiger partial charge in [0.2, 0.25) is 0 Å². The molecule has 0 saturated carbocycles. The first kappa shape index (κ1) is 16.9. The molecule has 0 unspecified atom stereocenters. The van der Waals surface area contributed by atoms with Gasteiger partial charge < -0.3 is 15.8 Å². The highest BCUT2D eigenvalue weighted by molar-refractivity contribution is 6.33. The van der Waals surface area contributed by atoms with Crippen LogP contribution in [0.25, 0.3) is 6.08 Å². The number of carbonyl (C=O) groups excluding carboxylic acids is 1. The van der Waals surface area contributed by atoms with Crippen LogP contribution < -0.4 is 11.1 Å². The van der Waals surface area contributed by atoms with Gasteiger partial charge in [-0.25, -0.2) is 4.79 Å². The van der Waals surface area contributed by atoms with Crippen LogP contribution in [0.5, 0.6) is 0 Å². The Labute approximate surface area is 140 Å². The lowest BCUT2D eigenvalue weighted by Crippen LogP contribution is -2.24. The summed E-state index contributed by atoms with van der Waals surface area (Å²) in [6.45, 7) is 0.777. The Kier molecular flexibility index (Phi) is 6.51. The molecule has 0 fully saturated rings. The molecule has 0 aromatic heterocycles. The summed E-state index contributed by atoms with van der Waals surface area (Å²) in [6, 6.07) is 15.0. The first-order valence-electron chi connectivity index (χ1n) is 7.31. The summed E-state index contributed by atoms with van der Waals surface area (Å²) < 4.78 is 5.12. The highest BCUT2D eigenvalue weighted by Gasteiger charge is 2.00. The molecule has 0 heterocycles. The van der Waals surface area contributed by atoms with Crippen molar-refractivity contribution in [3.8, 4) is 0 Å². The zero-order valence-electron chi connectivity index (χ0n) is 12.7. The third kappa shape index (κ3) is 6.04. The SMILES string of the molecule is Nc1ccc(C=CCCNC(=O)OCc2ccccc2)cc1Cl. The number of anilines is 1. The molecule has 2 aromatic carbocycles. The lowest BCUT2D eigenvalue weighted by atomic mass is 10.2. The van der Waals surface area contributed by atoms with Crippen molar-refractivity contribution < 1.29 is 9.53 Å². The molecule has 0 spiro atoms. The molecule has 1 amide bonds. The van der Waals surface area contributed by atoms with E-state index in [0.717, 1.165) is 11.1 Å². The van der Waals surface area contributed by atoms with Gasteiger partial charge >= 0.3 is 6.09 Å². The van der Waals surface area contributed by atoms with Crippen LogP contribution in [-0.4, -0.2) is 12.6 Å². The van der Waals surface area contributed by atoms with E-state index < -0.39 is 6.09 Å². The molecule has 23 heavy (non-hydrogen) atoms. The molecule has 0 bridgehead atoms. The minimum absolute atomic E-state index is 0.270. The number of nitrogen functional groups attached to an aromatic ring is 1. The van der Waals surface area contributed by atoms with E-state index in [1.807, 2.05) is 48.6 Å². The summed E-state index contributed by atoms with van der Waals surface area (Å²) in [4.78, 5) is 11.5. The predicted molar refractivity (Wildman–Crippen MR) is 94.1 cm³/mol. The summed E-state index contributed by atoms with van der Waals surface area (Å²) in [5.41, 5.74) is 8.14. The van der Waals surface area contributed by atoms with Crippen molar-refractivity contribution in [2.45, 2.75) is 13.0 Å². The summed E-state index contributed by atoms with van der Waals surface area (Å²) >= 11 is 5.95. The van der Waals surface area contributed by atoms with E-state index in [1.165, 1.54) is 0 Å². The molecule has 0 atom stereocenters. The smallest absolute Gasteiger partial charge is 0.407 e. The van der Waals surface area contributed by atoms with Crippen molar-refractivity contribution >= 4 is 29.5 Å². The van der Waals surface area contributed by atoms with E-state index in [4.69, 9.17) is 22.1 Å². The Bertz CT molecular complexity index is 672. The summed E-state index contributed by atoms with van der Waals surface area (Å²) in [5, 5.41) is 3.24. The predicted octanol–water partition coefficient (Wildman–Crippen LogP) is 4.25. The molecule has 120 valence electrons. The van der Waals surface area contributed by atoms with Crippen molar-refractivity contribution in [1.82, 2.24) is 5.32 Å². The highest BCUT2D eigenvalue weighted by Crippen LogP contribution is 2.20. The van der Waals surface area contributed by atoms with Gasteiger partial charge in [-0.1, -0.05) is 60.2 Å². The van der Waals surface area contributed by atoms with Crippen LogP contribution in [0.1, 0.15) is 17.5 Å². The van der Waals surface area contributed by atoms with E-state index in [9.17, 15) is 4.79 Å². The topological polar surface area (TPSA) is 64.3 Å². The van der Waals surface area contributed by atoms with Crippen molar-refractivity contribution in [2.24, 2.45) is 0 Å². The Morgan fingerprint density at radius 2 is 2.00 bits per heavy atom. The number of carbonyl (C=O) groups is 1. The maximum absolute atomic E-state index is 11.5. The molecule has 0 aliphatic heterocycles. The maximum Gasteiger partial charge on any atom is 0.407 e. The number of ether oxygens (including phenoxy) is 1.